The minimum atomic E-state index is -1.09. The van der Waals surface area contributed by atoms with Gasteiger partial charge >= 0.3 is 17.8 Å². The van der Waals surface area contributed by atoms with E-state index in [4.69, 9.17) is 9.47 Å². The third kappa shape index (κ3) is 4.88. The van der Waals surface area contributed by atoms with Crippen LogP contribution in [0.15, 0.2) is 12.3 Å². The molecule has 0 aromatic carbocycles. The molecule has 1 aromatic heterocycles. The van der Waals surface area contributed by atoms with Crippen LogP contribution in [0.3, 0.4) is 0 Å². The van der Waals surface area contributed by atoms with Gasteiger partial charge in [0.2, 0.25) is 0 Å². The van der Waals surface area contributed by atoms with E-state index in [9.17, 15) is 18.8 Å². The van der Waals surface area contributed by atoms with Gasteiger partial charge in [-0.1, -0.05) is 0 Å². The first-order valence-corrected chi connectivity index (χ1v) is 7.74. The second-order valence-corrected chi connectivity index (χ2v) is 5.57. The van der Waals surface area contributed by atoms with Gasteiger partial charge in [0.1, 0.15) is 6.10 Å². The Labute approximate surface area is 143 Å². The Bertz CT molecular complexity index is 658. The van der Waals surface area contributed by atoms with Gasteiger partial charge < -0.3 is 19.5 Å². The number of carbonyl (C=O) groups is 3. The molecule has 2 rings (SSSR count). The topological polar surface area (TPSA) is 104 Å². The van der Waals surface area contributed by atoms with Crippen LogP contribution in [0.25, 0.3) is 0 Å². The number of nitrogens with zero attached hydrogens (tertiary/aromatic N) is 1. The molecule has 0 radical (unpaired) electrons. The number of anilines is 1. The average Bonchev–Trinajstić information content (AvgIpc) is 2.63. The monoisotopic (exact) mass is 354 g/mol. The lowest BCUT2D eigenvalue weighted by molar-refractivity contribution is -0.150. The molecule has 1 amide bonds. The Balaban J connectivity index is 1.92. The molecule has 0 atom stereocenters. The minimum absolute atomic E-state index is 0.00893. The number of hydrogen-bond acceptors (Lipinski definition) is 7. The highest BCUT2D eigenvalue weighted by Crippen LogP contribution is 2.29. The summed E-state index contributed by atoms with van der Waals surface area (Å²) in [4.78, 5) is 37.7. The van der Waals surface area contributed by atoms with Gasteiger partial charge in [0.15, 0.2) is 5.82 Å². The minimum Gasteiger partial charge on any atom is -0.472 e. The molecule has 8 nitrogen and oxygen atoms in total. The molecule has 9 heteroatoms. The largest absolute Gasteiger partial charge is 0.472 e. The van der Waals surface area contributed by atoms with Gasteiger partial charge in [-0.2, -0.15) is 0 Å². The van der Waals surface area contributed by atoms with Crippen molar-refractivity contribution in [3.8, 4) is 5.88 Å². The van der Waals surface area contributed by atoms with E-state index in [1.165, 1.54) is 13.3 Å². The molecule has 1 aliphatic rings. The molecule has 1 fully saturated rings. The number of nitrogens with one attached hydrogen (secondary N) is 1. The Morgan fingerprint density at radius 2 is 1.84 bits per heavy atom. The van der Waals surface area contributed by atoms with Crippen LogP contribution in [-0.4, -0.2) is 43.2 Å². The van der Waals surface area contributed by atoms with Gasteiger partial charge in [0.05, 0.1) is 32.0 Å². The van der Waals surface area contributed by atoms with E-state index in [-0.39, 0.29) is 29.6 Å². The van der Waals surface area contributed by atoms with Crippen LogP contribution in [0, 0.1) is 11.7 Å². The predicted molar refractivity (Wildman–Crippen MR) is 83.2 cm³/mol. The molecule has 1 aliphatic carbocycles. The van der Waals surface area contributed by atoms with Gasteiger partial charge in [-0.3, -0.25) is 9.59 Å². The fraction of sp³-hybridized carbons (Fsp3) is 0.500. The van der Waals surface area contributed by atoms with Crippen molar-refractivity contribution in [3.63, 3.8) is 0 Å². The van der Waals surface area contributed by atoms with Gasteiger partial charge in [0, 0.05) is 6.07 Å². The third-order valence-corrected chi connectivity index (χ3v) is 3.92. The van der Waals surface area contributed by atoms with Gasteiger partial charge in [-0.25, -0.2) is 14.2 Å². The number of hydrogen-bond donors (Lipinski definition) is 1. The quantitative estimate of drug-likeness (QED) is 0.644. The molecule has 0 spiro atoms. The van der Waals surface area contributed by atoms with Crippen molar-refractivity contribution in [3.05, 3.63) is 18.1 Å². The number of pyridine rings is 1. The summed E-state index contributed by atoms with van der Waals surface area (Å²) in [5.41, 5.74) is 0.00893. The number of amides is 1. The van der Waals surface area contributed by atoms with Crippen LogP contribution in [0.1, 0.15) is 25.7 Å². The third-order valence-electron chi connectivity index (χ3n) is 3.92. The highest BCUT2D eigenvalue weighted by Gasteiger charge is 2.28. The van der Waals surface area contributed by atoms with Crippen LogP contribution in [0.2, 0.25) is 0 Å². The zero-order valence-electron chi connectivity index (χ0n) is 13.9. The van der Waals surface area contributed by atoms with E-state index in [1.54, 1.807) is 0 Å². The SMILES string of the molecule is COC(=O)C(=O)Nc1cnc(OC2CCC(C(=O)OC)CC2)c(F)c1. The Morgan fingerprint density at radius 3 is 2.40 bits per heavy atom. The summed E-state index contributed by atoms with van der Waals surface area (Å²) in [7, 11) is 2.41. The van der Waals surface area contributed by atoms with Crippen molar-refractivity contribution in [2.24, 2.45) is 5.92 Å². The van der Waals surface area contributed by atoms with Crippen molar-refractivity contribution >= 4 is 23.5 Å². The second-order valence-electron chi connectivity index (χ2n) is 5.57. The predicted octanol–water partition coefficient (Wildman–Crippen LogP) is 1.44. The lowest BCUT2D eigenvalue weighted by atomic mass is 9.87. The summed E-state index contributed by atoms with van der Waals surface area (Å²) in [6.07, 6.45) is 3.31. The first kappa shape index (κ1) is 18.6. The van der Waals surface area contributed by atoms with Gasteiger partial charge in [-0.15, -0.1) is 0 Å². The van der Waals surface area contributed by atoms with Crippen LogP contribution < -0.4 is 10.1 Å². The number of rotatable bonds is 4. The Hall–Kier alpha value is -2.71. The van der Waals surface area contributed by atoms with E-state index in [0.717, 1.165) is 13.2 Å². The summed E-state index contributed by atoms with van der Waals surface area (Å²) in [5.74, 6) is -3.48. The maximum atomic E-state index is 14.1. The molecule has 136 valence electrons. The van der Waals surface area contributed by atoms with E-state index in [1.807, 2.05) is 0 Å². The summed E-state index contributed by atoms with van der Waals surface area (Å²) in [5, 5.41) is 2.17. The molecule has 0 unspecified atom stereocenters. The summed E-state index contributed by atoms with van der Waals surface area (Å²) < 4.78 is 28.6. The number of aromatic nitrogens is 1. The van der Waals surface area contributed by atoms with Crippen LogP contribution in [0.5, 0.6) is 5.88 Å². The van der Waals surface area contributed by atoms with E-state index < -0.39 is 17.7 Å². The van der Waals surface area contributed by atoms with Crippen molar-refractivity contribution in [1.29, 1.82) is 0 Å². The summed E-state index contributed by atoms with van der Waals surface area (Å²) in [6.45, 7) is 0. The number of halogens is 1. The zero-order chi connectivity index (χ0) is 18.4. The molecular formula is C16H19FN2O6. The van der Waals surface area contributed by atoms with E-state index in [0.29, 0.717) is 25.7 Å². The maximum Gasteiger partial charge on any atom is 0.396 e. The normalized spacial score (nSPS) is 19.6. The van der Waals surface area contributed by atoms with Crippen molar-refractivity contribution in [2.45, 2.75) is 31.8 Å². The fourth-order valence-electron chi connectivity index (χ4n) is 2.60. The molecule has 1 heterocycles. The second kappa shape index (κ2) is 8.41. The van der Waals surface area contributed by atoms with E-state index in [2.05, 4.69) is 15.0 Å². The highest BCUT2D eigenvalue weighted by molar-refractivity contribution is 6.37. The zero-order valence-corrected chi connectivity index (χ0v) is 13.9. The highest BCUT2D eigenvalue weighted by atomic mass is 19.1. The first-order valence-electron chi connectivity index (χ1n) is 7.74. The molecular weight excluding hydrogens is 335 g/mol. The summed E-state index contributed by atoms with van der Waals surface area (Å²) >= 11 is 0. The van der Waals surface area contributed by atoms with Crippen molar-refractivity contribution < 1.29 is 33.0 Å². The number of methoxy groups -OCH3 is 2. The lowest BCUT2D eigenvalue weighted by Crippen LogP contribution is -2.29. The van der Waals surface area contributed by atoms with E-state index >= 15 is 0 Å². The van der Waals surface area contributed by atoms with Gasteiger partial charge in [-0.05, 0) is 25.7 Å². The first-order chi connectivity index (χ1) is 11.9. The Kier molecular flexibility index (Phi) is 6.26. The molecule has 25 heavy (non-hydrogen) atoms. The number of carbonyl (C=O) groups excluding carboxylic acids is 3. The average molecular weight is 354 g/mol. The van der Waals surface area contributed by atoms with Crippen molar-refractivity contribution in [2.75, 3.05) is 19.5 Å². The molecule has 1 saturated carbocycles. The van der Waals surface area contributed by atoms with Crippen LogP contribution in [-0.2, 0) is 23.9 Å². The molecule has 1 aromatic rings. The lowest BCUT2D eigenvalue weighted by Gasteiger charge is -2.27. The number of esters is 2. The fourth-order valence-corrected chi connectivity index (χ4v) is 2.60. The molecule has 0 aliphatic heterocycles. The molecule has 1 N–H and O–H groups in total. The van der Waals surface area contributed by atoms with Gasteiger partial charge in [0.25, 0.3) is 5.88 Å². The van der Waals surface area contributed by atoms with Crippen LogP contribution >= 0.6 is 0 Å². The molecule has 0 saturated heterocycles. The van der Waals surface area contributed by atoms with Crippen LogP contribution in [0.4, 0.5) is 10.1 Å². The summed E-state index contributed by atoms with van der Waals surface area (Å²) in [6, 6.07) is 1.00. The Morgan fingerprint density at radius 1 is 1.16 bits per heavy atom. The smallest absolute Gasteiger partial charge is 0.396 e. The standard InChI is InChI=1S/C16H19FN2O6/c1-23-15(21)9-3-5-11(6-4-9)25-14-12(17)7-10(8-18-14)19-13(20)16(22)24-2/h7-9,11H,3-6H2,1-2H3,(H,19,20). The maximum absolute atomic E-state index is 14.1. The van der Waals surface area contributed by atoms with Crippen molar-refractivity contribution in [1.82, 2.24) is 4.98 Å². The number of ether oxygens (including phenoxy) is 3. The molecule has 0 bridgehead atoms.